The van der Waals surface area contributed by atoms with E-state index in [0.29, 0.717) is 18.8 Å². The molecular formula is C17H20N4O3S. The molecule has 2 rings (SSSR count). The Morgan fingerprint density at radius 1 is 1.24 bits per heavy atom. The number of aromatic hydroxyl groups is 1. The van der Waals surface area contributed by atoms with Crippen molar-refractivity contribution in [3.05, 3.63) is 50.5 Å². The van der Waals surface area contributed by atoms with Gasteiger partial charge in [-0.15, -0.1) is 0 Å². The Morgan fingerprint density at radius 3 is 2.40 bits per heavy atom. The fraction of sp³-hybridized carbons (Fsp3) is 0.294. The molecule has 1 aromatic carbocycles. The van der Waals surface area contributed by atoms with Crippen LogP contribution < -0.4 is 10.9 Å². The van der Waals surface area contributed by atoms with Crippen molar-refractivity contribution in [2.24, 2.45) is 4.99 Å². The molecule has 0 bridgehead atoms. The van der Waals surface area contributed by atoms with Crippen molar-refractivity contribution in [3.63, 3.8) is 0 Å². The molecule has 0 spiro atoms. The molecule has 2 amide bonds. The molecule has 0 aliphatic rings. The van der Waals surface area contributed by atoms with E-state index >= 15 is 0 Å². The lowest BCUT2D eigenvalue weighted by Gasteiger charge is -2.13. The highest BCUT2D eigenvalue weighted by atomic mass is 32.1. The number of benzene rings is 1. The van der Waals surface area contributed by atoms with E-state index in [-0.39, 0.29) is 16.2 Å². The summed E-state index contributed by atoms with van der Waals surface area (Å²) in [5.41, 5.74) is 1.10. The summed E-state index contributed by atoms with van der Waals surface area (Å²) in [6, 6.07) is 6.58. The van der Waals surface area contributed by atoms with Crippen LogP contribution in [0.4, 0.5) is 10.5 Å². The second-order valence-corrected chi connectivity index (χ2v) is 5.73. The Morgan fingerprint density at radius 2 is 1.84 bits per heavy atom. The molecule has 2 aromatic rings. The highest BCUT2D eigenvalue weighted by Crippen LogP contribution is 2.13. The zero-order valence-electron chi connectivity index (χ0n) is 14.3. The fourth-order valence-corrected chi connectivity index (χ4v) is 2.73. The summed E-state index contributed by atoms with van der Waals surface area (Å²) < 4.78 is 2.99. The number of aryl methyl sites for hydroxylation is 1. The number of nitrogens with zero attached hydrogens (tertiary/aromatic N) is 3. The van der Waals surface area contributed by atoms with Crippen molar-refractivity contribution in [2.45, 2.75) is 33.9 Å². The van der Waals surface area contributed by atoms with Gasteiger partial charge in [0, 0.05) is 18.8 Å². The molecule has 25 heavy (non-hydrogen) atoms. The largest absolute Gasteiger partial charge is 0.494 e. The molecule has 2 N–H and O–H groups in total. The minimum atomic E-state index is -0.642. The predicted molar refractivity (Wildman–Crippen MR) is 100 cm³/mol. The van der Waals surface area contributed by atoms with Crippen molar-refractivity contribution in [2.75, 3.05) is 5.32 Å². The normalized spacial score (nSPS) is 11.0. The van der Waals surface area contributed by atoms with Gasteiger partial charge in [0.05, 0.1) is 6.21 Å². The number of rotatable bonds is 4. The first-order valence-electron chi connectivity index (χ1n) is 7.87. The second kappa shape index (κ2) is 7.89. The molecule has 0 aliphatic carbocycles. The number of aliphatic imine (C=N–C) groups is 1. The van der Waals surface area contributed by atoms with Gasteiger partial charge in [-0.3, -0.25) is 13.9 Å². The molecule has 1 heterocycles. The minimum absolute atomic E-state index is 0.0728. The van der Waals surface area contributed by atoms with Crippen molar-refractivity contribution >= 4 is 30.2 Å². The van der Waals surface area contributed by atoms with Crippen LogP contribution in [0.15, 0.2) is 34.1 Å². The summed E-state index contributed by atoms with van der Waals surface area (Å²) in [4.78, 5) is 28.1. The Kier molecular flexibility index (Phi) is 5.87. The first kappa shape index (κ1) is 18.6. The average Bonchev–Trinajstić information content (AvgIpc) is 2.57. The quantitative estimate of drug-likeness (QED) is 0.648. The van der Waals surface area contributed by atoms with Crippen molar-refractivity contribution in [3.8, 4) is 5.88 Å². The van der Waals surface area contributed by atoms with Gasteiger partial charge in [0.25, 0.3) is 5.56 Å². The monoisotopic (exact) mass is 360 g/mol. The third-order valence-corrected chi connectivity index (χ3v) is 4.12. The number of carbonyl (C=O) groups is 1. The maximum atomic E-state index is 12.4. The van der Waals surface area contributed by atoms with Gasteiger partial charge in [-0.2, -0.15) is 0 Å². The standard InChI is InChI=1S/C17H20N4O3S/c1-4-20-14(22)13(15(23)21(5-2)17(20)25)10-18-16(24)19-12-8-6-11(3)7-9-12/h6-10,22H,4-5H2,1-3H3,(H,19,24). The third-order valence-electron chi connectivity index (χ3n) is 3.68. The van der Waals surface area contributed by atoms with E-state index in [4.69, 9.17) is 12.2 Å². The van der Waals surface area contributed by atoms with Crippen LogP contribution in [0.2, 0.25) is 0 Å². The van der Waals surface area contributed by atoms with E-state index in [1.165, 1.54) is 9.13 Å². The first-order valence-corrected chi connectivity index (χ1v) is 8.28. The summed E-state index contributed by atoms with van der Waals surface area (Å²) in [6.45, 7) is 6.26. The Bertz CT molecular complexity index is 927. The van der Waals surface area contributed by atoms with Gasteiger partial charge in [0.2, 0.25) is 5.88 Å². The first-order chi connectivity index (χ1) is 11.9. The highest BCUT2D eigenvalue weighted by molar-refractivity contribution is 7.71. The number of hydrogen-bond donors (Lipinski definition) is 2. The molecule has 1 aromatic heterocycles. The van der Waals surface area contributed by atoms with E-state index in [2.05, 4.69) is 10.3 Å². The lowest BCUT2D eigenvalue weighted by Crippen LogP contribution is -2.28. The van der Waals surface area contributed by atoms with Gasteiger partial charge in [-0.1, -0.05) is 17.7 Å². The van der Waals surface area contributed by atoms with Gasteiger partial charge in [0.15, 0.2) is 4.77 Å². The molecule has 0 fully saturated rings. The summed E-state index contributed by atoms with van der Waals surface area (Å²) in [6.07, 6.45) is 1.06. The van der Waals surface area contributed by atoms with E-state index in [9.17, 15) is 14.7 Å². The second-order valence-electron chi connectivity index (χ2n) is 5.37. The molecule has 8 heteroatoms. The van der Waals surface area contributed by atoms with Crippen LogP contribution in [0.3, 0.4) is 0 Å². The zero-order valence-corrected chi connectivity index (χ0v) is 15.1. The fourth-order valence-electron chi connectivity index (χ4n) is 2.30. The molecular weight excluding hydrogens is 340 g/mol. The Hall–Kier alpha value is -2.74. The van der Waals surface area contributed by atoms with E-state index < -0.39 is 11.6 Å². The Labute approximate surface area is 150 Å². The van der Waals surface area contributed by atoms with E-state index in [1.807, 2.05) is 19.1 Å². The van der Waals surface area contributed by atoms with Crippen molar-refractivity contribution in [1.82, 2.24) is 9.13 Å². The maximum Gasteiger partial charge on any atom is 0.345 e. The SMILES string of the molecule is CCn1c(O)c(C=NC(=O)Nc2ccc(C)cc2)c(=O)n(CC)c1=S. The predicted octanol–water partition coefficient (Wildman–Crippen LogP) is 3.08. The number of anilines is 1. The summed E-state index contributed by atoms with van der Waals surface area (Å²) in [5.74, 6) is -0.297. The highest BCUT2D eigenvalue weighted by Gasteiger charge is 2.14. The smallest absolute Gasteiger partial charge is 0.345 e. The number of aromatic nitrogens is 2. The van der Waals surface area contributed by atoms with Gasteiger partial charge < -0.3 is 10.4 Å². The lowest BCUT2D eigenvalue weighted by molar-refractivity contribution is 0.259. The number of carbonyl (C=O) groups excluding carboxylic acids is 1. The Balaban J connectivity index is 2.34. The van der Waals surface area contributed by atoms with Crippen molar-refractivity contribution in [1.29, 1.82) is 0 Å². The van der Waals surface area contributed by atoms with Crippen LogP contribution >= 0.6 is 12.2 Å². The van der Waals surface area contributed by atoms with Crippen LogP contribution in [0.5, 0.6) is 5.88 Å². The zero-order chi connectivity index (χ0) is 18.6. The number of amides is 2. The summed E-state index contributed by atoms with van der Waals surface area (Å²) >= 11 is 5.20. The summed E-state index contributed by atoms with van der Waals surface area (Å²) in [7, 11) is 0. The maximum absolute atomic E-state index is 12.4. The minimum Gasteiger partial charge on any atom is -0.494 e. The molecule has 0 aliphatic heterocycles. The molecule has 0 radical (unpaired) electrons. The van der Waals surface area contributed by atoms with E-state index in [0.717, 1.165) is 11.8 Å². The van der Waals surface area contributed by atoms with E-state index in [1.54, 1.807) is 26.0 Å². The van der Waals surface area contributed by atoms with Crippen LogP contribution in [-0.2, 0) is 13.1 Å². The van der Waals surface area contributed by atoms with Gasteiger partial charge >= 0.3 is 6.03 Å². The molecule has 0 unspecified atom stereocenters. The molecule has 132 valence electrons. The van der Waals surface area contributed by atoms with Gasteiger partial charge in [-0.25, -0.2) is 9.79 Å². The average molecular weight is 360 g/mol. The van der Waals surface area contributed by atoms with Crippen molar-refractivity contribution < 1.29 is 9.90 Å². The molecule has 0 atom stereocenters. The third kappa shape index (κ3) is 4.03. The number of urea groups is 1. The lowest BCUT2D eigenvalue weighted by atomic mass is 10.2. The summed E-state index contributed by atoms with van der Waals surface area (Å²) in [5, 5.41) is 12.9. The van der Waals surface area contributed by atoms with Gasteiger partial charge in [0.1, 0.15) is 5.56 Å². The number of nitrogens with one attached hydrogen (secondary N) is 1. The topological polar surface area (TPSA) is 88.6 Å². The van der Waals surface area contributed by atoms with Crippen LogP contribution in [-0.4, -0.2) is 26.5 Å². The molecule has 0 saturated heterocycles. The number of hydrogen-bond acceptors (Lipinski definition) is 4. The van der Waals surface area contributed by atoms with Crippen LogP contribution in [0.1, 0.15) is 25.0 Å². The molecule has 7 nitrogen and oxygen atoms in total. The van der Waals surface area contributed by atoms with Gasteiger partial charge in [-0.05, 0) is 45.1 Å². The van der Waals surface area contributed by atoms with Crippen LogP contribution in [0, 0.1) is 11.7 Å². The molecule has 0 saturated carbocycles. The van der Waals surface area contributed by atoms with Crippen LogP contribution in [0.25, 0.3) is 0 Å².